The van der Waals surface area contributed by atoms with Crippen molar-refractivity contribution in [3.63, 3.8) is 0 Å². The second kappa shape index (κ2) is 13.3. The fourth-order valence-electron chi connectivity index (χ4n) is 2.76. The van der Waals surface area contributed by atoms with Crippen LogP contribution in [0.25, 0.3) is 0 Å². The van der Waals surface area contributed by atoms with E-state index in [1.807, 2.05) is 26.5 Å². The Morgan fingerprint density at radius 2 is 2.23 bits per heavy atom. The van der Waals surface area contributed by atoms with Crippen LogP contribution < -0.4 is 5.32 Å². The van der Waals surface area contributed by atoms with Gasteiger partial charge >= 0.3 is 0 Å². The largest absolute Gasteiger partial charge is 0.382 e. The van der Waals surface area contributed by atoms with E-state index < -0.39 is 0 Å². The topological polar surface area (TPSA) is 73.1 Å². The molecule has 0 bridgehead atoms. The molecule has 0 aromatic carbocycles. The minimum absolute atomic E-state index is 0. The molecule has 0 amide bonds. The Morgan fingerprint density at radius 1 is 1.38 bits per heavy atom. The first kappa shape index (κ1) is 23.1. The van der Waals surface area contributed by atoms with Gasteiger partial charge in [-0.3, -0.25) is 9.67 Å². The second-order valence-corrected chi connectivity index (χ2v) is 6.04. The molecule has 150 valence electrons. The first-order chi connectivity index (χ1) is 12.2. The second-order valence-electron chi connectivity index (χ2n) is 6.04. The lowest BCUT2D eigenvalue weighted by molar-refractivity contribution is -0.00803. The number of nitrogens with one attached hydrogen (secondary N) is 1. The van der Waals surface area contributed by atoms with Gasteiger partial charge in [0.2, 0.25) is 0 Å². The highest BCUT2D eigenvalue weighted by Gasteiger charge is 2.24. The maximum atomic E-state index is 5.89. The Morgan fingerprint density at radius 3 is 2.92 bits per heavy atom. The maximum absolute atomic E-state index is 5.89. The molecule has 8 nitrogen and oxygen atoms in total. The molecule has 1 aliphatic heterocycles. The van der Waals surface area contributed by atoms with Crippen LogP contribution in [0, 0.1) is 0 Å². The molecule has 1 atom stereocenters. The van der Waals surface area contributed by atoms with Crippen LogP contribution in [0.2, 0.25) is 0 Å². The zero-order valence-electron chi connectivity index (χ0n) is 16.0. The molecule has 2 rings (SSSR count). The number of hydrogen-bond donors (Lipinski definition) is 1. The van der Waals surface area contributed by atoms with Gasteiger partial charge in [-0.05, 0) is 12.8 Å². The molecular formula is C17H32IN5O3. The maximum Gasteiger partial charge on any atom is 0.193 e. The summed E-state index contributed by atoms with van der Waals surface area (Å²) in [5.41, 5.74) is 1.11. The summed E-state index contributed by atoms with van der Waals surface area (Å²) in [5, 5.41) is 7.67. The van der Waals surface area contributed by atoms with Gasteiger partial charge in [-0.25, -0.2) is 0 Å². The highest BCUT2D eigenvalue weighted by molar-refractivity contribution is 14.0. The molecule has 9 heteroatoms. The van der Waals surface area contributed by atoms with Crippen LogP contribution in [0.5, 0.6) is 0 Å². The third-order valence-electron chi connectivity index (χ3n) is 4.10. The minimum Gasteiger partial charge on any atom is -0.382 e. The standard InChI is InChI=1S/C17H31N5O3.HI/c1-18-17(19-6-4-5-8-24-11-10-23-3)22-7-9-25-16(14-22)15-12-20-21(2)13-15;/h12-13,16H,4-11,14H2,1-3H3,(H,18,19);1H. The number of aryl methyl sites for hydroxylation is 1. The van der Waals surface area contributed by atoms with E-state index in [0.717, 1.165) is 50.6 Å². The predicted octanol–water partition coefficient (Wildman–Crippen LogP) is 1.43. The number of aromatic nitrogens is 2. The summed E-state index contributed by atoms with van der Waals surface area (Å²) >= 11 is 0. The van der Waals surface area contributed by atoms with Crippen molar-refractivity contribution in [3.05, 3.63) is 18.0 Å². The third-order valence-corrected chi connectivity index (χ3v) is 4.10. The summed E-state index contributed by atoms with van der Waals surface area (Å²) in [6, 6.07) is 0. The van der Waals surface area contributed by atoms with Gasteiger partial charge in [0.05, 0.1) is 32.6 Å². The summed E-state index contributed by atoms with van der Waals surface area (Å²) < 4.78 is 18.1. The molecule has 26 heavy (non-hydrogen) atoms. The number of nitrogens with zero attached hydrogens (tertiary/aromatic N) is 4. The Balaban J connectivity index is 0.00000338. The number of aliphatic imine (C=N–C) groups is 1. The van der Waals surface area contributed by atoms with E-state index >= 15 is 0 Å². The van der Waals surface area contributed by atoms with Crippen LogP contribution in [0.3, 0.4) is 0 Å². The van der Waals surface area contributed by atoms with Gasteiger partial charge in [0.15, 0.2) is 5.96 Å². The summed E-state index contributed by atoms with van der Waals surface area (Å²) in [7, 11) is 5.43. The van der Waals surface area contributed by atoms with Crippen molar-refractivity contribution in [2.75, 3.05) is 60.2 Å². The summed E-state index contributed by atoms with van der Waals surface area (Å²) in [6.07, 6.45) is 5.98. The van der Waals surface area contributed by atoms with E-state index in [0.29, 0.717) is 19.8 Å². The molecule has 0 aliphatic carbocycles. The van der Waals surface area contributed by atoms with E-state index in [2.05, 4.69) is 20.3 Å². The average molecular weight is 481 g/mol. The molecule has 1 N–H and O–H groups in total. The molecule has 1 unspecified atom stereocenters. The van der Waals surface area contributed by atoms with Crippen molar-refractivity contribution >= 4 is 29.9 Å². The van der Waals surface area contributed by atoms with E-state index in [-0.39, 0.29) is 30.1 Å². The van der Waals surface area contributed by atoms with Crippen molar-refractivity contribution in [2.24, 2.45) is 12.0 Å². The lowest BCUT2D eigenvalue weighted by atomic mass is 10.1. The summed E-state index contributed by atoms with van der Waals surface area (Å²) in [5.74, 6) is 0.928. The first-order valence-electron chi connectivity index (χ1n) is 8.87. The molecule has 1 aliphatic rings. The van der Waals surface area contributed by atoms with Gasteiger partial charge in [-0.15, -0.1) is 24.0 Å². The number of hydrogen-bond acceptors (Lipinski definition) is 5. The Labute approximate surface area is 173 Å². The van der Waals surface area contributed by atoms with Gasteiger partial charge in [0.1, 0.15) is 6.10 Å². The van der Waals surface area contributed by atoms with Gasteiger partial charge in [-0.1, -0.05) is 0 Å². The van der Waals surface area contributed by atoms with Crippen LogP contribution in [0.15, 0.2) is 17.4 Å². The highest BCUT2D eigenvalue weighted by Crippen LogP contribution is 2.21. The van der Waals surface area contributed by atoms with Gasteiger partial charge < -0.3 is 24.4 Å². The zero-order chi connectivity index (χ0) is 17.9. The highest BCUT2D eigenvalue weighted by atomic mass is 127. The normalized spacial score (nSPS) is 17.9. The van der Waals surface area contributed by atoms with Crippen molar-refractivity contribution in [1.82, 2.24) is 20.0 Å². The van der Waals surface area contributed by atoms with E-state index in [9.17, 15) is 0 Å². The van der Waals surface area contributed by atoms with Gasteiger partial charge in [0.25, 0.3) is 0 Å². The van der Waals surface area contributed by atoms with Crippen molar-refractivity contribution in [2.45, 2.75) is 18.9 Å². The number of ether oxygens (including phenoxy) is 3. The average Bonchev–Trinajstić information content (AvgIpc) is 3.07. The molecule has 0 radical (unpaired) electrons. The molecular weight excluding hydrogens is 449 g/mol. The molecule has 1 saturated heterocycles. The number of unbranched alkanes of at least 4 members (excludes halogenated alkanes) is 1. The van der Waals surface area contributed by atoms with Crippen LogP contribution in [-0.4, -0.2) is 80.9 Å². The number of morpholine rings is 1. The third kappa shape index (κ3) is 7.77. The predicted molar refractivity (Wildman–Crippen MR) is 112 cm³/mol. The monoisotopic (exact) mass is 481 g/mol. The zero-order valence-corrected chi connectivity index (χ0v) is 18.3. The molecule has 1 aromatic rings. The van der Waals surface area contributed by atoms with Gasteiger partial charge in [-0.2, -0.15) is 5.10 Å². The van der Waals surface area contributed by atoms with E-state index in [1.54, 1.807) is 11.8 Å². The SMILES string of the molecule is CN=C(NCCCCOCCOC)N1CCOC(c2cnn(C)c2)C1.I. The fraction of sp³-hybridized carbons (Fsp3) is 0.765. The van der Waals surface area contributed by atoms with Crippen LogP contribution in [-0.2, 0) is 21.3 Å². The van der Waals surface area contributed by atoms with E-state index in [1.165, 1.54) is 0 Å². The molecule has 1 aromatic heterocycles. The fourth-order valence-corrected chi connectivity index (χ4v) is 2.76. The Hall–Kier alpha value is -0.910. The minimum atomic E-state index is 0. The van der Waals surface area contributed by atoms with E-state index in [4.69, 9.17) is 14.2 Å². The van der Waals surface area contributed by atoms with Gasteiger partial charge in [0, 0.05) is 52.7 Å². The number of guanidine groups is 1. The Bertz CT molecular complexity index is 526. The lowest BCUT2D eigenvalue weighted by Crippen LogP contribution is -2.48. The van der Waals surface area contributed by atoms with Crippen molar-refractivity contribution < 1.29 is 14.2 Å². The van der Waals surface area contributed by atoms with Crippen LogP contribution in [0.1, 0.15) is 24.5 Å². The molecule has 0 spiro atoms. The summed E-state index contributed by atoms with van der Waals surface area (Å²) in [4.78, 5) is 6.66. The Kier molecular flexibility index (Phi) is 11.8. The van der Waals surface area contributed by atoms with Crippen LogP contribution in [0.4, 0.5) is 0 Å². The smallest absolute Gasteiger partial charge is 0.193 e. The number of halogens is 1. The molecule has 0 saturated carbocycles. The van der Waals surface area contributed by atoms with Crippen molar-refractivity contribution in [3.8, 4) is 0 Å². The molecule has 2 heterocycles. The molecule has 1 fully saturated rings. The summed E-state index contributed by atoms with van der Waals surface area (Å²) in [6.45, 7) is 5.28. The first-order valence-corrected chi connectivity index (χ1v) is 8.87. The lowest BCUT2D eigenvalue weighted by Gasteiger charge is -2.34. The number of rotatable bonds is 9. The van der Waals surface area contributed by atoms with Crippen molar-refractivity contribution in [1.29, 1.82) is 0 Å². The quantitative estimate of drug-likeness (QED) is 0.249. The number of methoxy groups -OCH3 is 1. The van der Waals surface area contributed by atoms with Crippen LogP contribution >= 0.6 is 24.0 Å².